The van der Waals surface area contributed by atoms with Gasteiger partial charge in [0.05, 0.1) is 0 Å². The van der Waals surface area contributed by atoms with Gasteiger partial charge in [-0.1, -0.05) is 0 Å². The number of anilines is 2. The molecular formula is C13H22N4O. The van der Waals surface area contributed by atoms with Crippen LogP contribution < -0.4 is 10.2 Å². The minimum absolute atomic E-state index is 0.479. The fourth-order valence-electron chi connectivity index (χ4n) is 2.15. The Hall–Kier alpha value is -1.36. The second-order valence-electron chi connectivity index (χ2n) is 4.46. The van der Waals surface area contributed by atoms with Crippen molar-refractivity contribution in [1.29, 1.82) is 0 Å². The molecule has 0 radical (unpaired) electrons. The Labute approximate surface area is 109 Å². The van der Waals surface area contributed by atoms with Crippen LogP contribution in [0.25, 0.3) is 0 Å². The first-order valence-electron chi connectivity index (χ1n) is 6.72. The van der Waals surface area contributed by atoms with E-state index in [1.807, 2.05) is 20.0 Å². The fourth-order valence-corrected chi connectivity index (χ4v) is 2.15. The predicted molar refractivity (Wildman–Crippen MR) is 73.0 cm³/mol. The summed E-state index contributed by atoms with van der Waals surface area (Å²) < 4.78 is 5.39. The molecule has 100 valence electrons. The SMILES string of the molecule is CCOCc1nc(NC)cc(N2CCCCC2)n1. The highest BCUT2D eigenvalue weighted by molar-refractivity contribution is 5.49. The third-order valence-electron chi connectivity index (χ3n) is 3.13. The minimum atomic E-state index is 0.479. The number of hydrogen-bond acceptors (Lipinski definition) is 5. The largest absolute Gasteiger partial charge is 0.374 e. The van der Waals surface area contributed by atoms with Gasteiger partial charge in [-0.15, -0.1) is 0 Å². The van der Waals surface area contributed by atoms with Crippen molar-refractivity contribution in [2.24, 2.45) is 0 Å². The molecule has 1 N–H and O–H groups in total. The van der Waals surface area contributed by atoms with Crippen LogP contribution in [0.3, 0.4) is 0 Å². The molecule has 18 heavy (non-hydrogen) atoms. The molecule has 0 atom stereocenters. The highest BCUT2D eigenvalue weighted by atomic mass is 16.5. The maximum absolute atomic E-state index is 5.39. The summed E-state index contributed by atoms with van der Waals surface area (Å²) in [4.78, 5) is 11.3. The summed E-state index contributed by atoms with van der Waals surface area (Å²) in [7, 11) is 1.88. The second kappa shape index (κ2) is 6.54. The molecule has 5 nitrogen and oxygen atoms in total. The molecule has 1 aliphatic heterocycles. The van der Waals surface area contributed by atoms with Crippen molar-refractivity contribution in [3.05, 3.63) is 11.9 Å². The van der Waals surface area contributed by atoms with Crippen molar-refractivity contribution in [3.8, 4) is 0 Å². The van der Waals surface area contributed by atoms with Crippen LogP contribution in [0.15, 0.2) is 6.07 Å². The lowest BCUT2D eigenvalue weighted by atomic mass is 10.1. The van der Waals surface area contributed by atoms with Crippen molar-refractivity contribution in [2.75, 3.05) is 37.0 Å². The zero-order valence-corrected chi connectivity index (χ0v) is 11.3. The molecule has 0 bridgehead atoms. The molecule has 1 aromatic rings. The zero-order chi connectivity index (χ0) is 12.8. The zero-order valence-electron chi connectivity index (χ0n) is 11.3. The molecule has 2 heterocycles. The van der Waals surface area contributed by atoms with Gasteiger partial charge in [-0.2, -0.15) is 0 Å². The fraction of sp³-hybridized carbons (Fsp3) is 0.692. The van der Waals surface area contributed by atoms with E-state index in [9.17, 15) is 0 Å². The molecule has 2 rings (SSSR count). The number of nitrogens with zero attached hydrogens (tertiary/aromatic N) is 3. The van der Waals surface area contributed by atoms with Gasteiger partial charge in [0.25, 0.3) is 0 Å². The average molecular weight is 250 g/mol. The Balaban J connectivity index is 2.16. The second-order valence-corrected chi connectivity index (χ2v) is 4.46. The van der Waals surface area contributed by atoms with E-state index in [4.69, 9.17) is 4.74 Å². The molecule has 1 fully saturated rings. The molecule has 0 aliphatic carbocycles. The van der Waals surface area contributed by atoms with E-state index in [1.54, 1.807) is 0 Å². The van der Waals surface area contributed by atoms with E-state index in [-0.39, 0.29) is 0 Å². The van der Waals surface area contributed by atoms with Gasteiger partial charge in [0.1, 0.15) is 18.2 Å². The number of hydrogen-bond donors (Lipinski definition) is 1. The summed E-state index contributed by atoms with van der Waals surface area (Å²) in [6.45, 7) is 5.33. The first kappa shape index (κ1) is 13.1. The van der Waals surface area contributed by atoms with Crippen molar-refractivity contribution in [3.63, 3.8) is 0 Å². The molecule has 1 aromatic heterocycles. The lowest BCUT2D eigenvalue weighted by molar-refractivity contribution is 0.128. The highest BCUT2D eigenvalue weighted by Gasteiger charge is 2.14. The molecule has 0 saturated carbocycles. The molecule has 0 aromatic carbocycles. The number of ether oxygens (including phenoxy) is 1. The molecule has 1 aliphatic rings. The van der Waals surface area contributed by atoms with Gasteiger partial charge in [0.15, 0.2) is 5.82 Å². The van der Waals surface area contributed by atoms with Crippen molar-refractivity contribution < 1.29 is 4.74 Å². The molecule has 0 unspecified atom stereocenters. The summed E-state index contributed by atoms with van der Waals surface area (Å²) in [5, 5.41) is 3.09. The van der Waals surface area contributed by atoms with Crippen LogP contribution in [-0.2, 0) is 11.3 Å². The first-order chi connectivity index (χ1) is 8.83. The lowest BCUT2D eigenvalue weighted by Gasteiger charge is -2.28. The Bertz CT molecular complexity index is 377. The first-order valence-corrected chi connectivity index (χ1v) is 6.72. The molecule has 0 spiro atoms. The minimum Gasteiger partial charge on any atom is -0.374 e. The van der Waals surface area contributed by atoms with Crippen LogP contribution in [-0.4, -0.2) is 36.7 Å². The van der Waals surface area contributed by atoms with Gasteiger partial charge in [0.2, 0.25) is 0 Å². The number of piperidine rings is 1. The molecular weight excluding hydrogens is 228 g/mol. The quantitative estimate of drug-likeness (QED) is 0.866. The van der Waals surface area contributed by atoms with Crippen LogP contribution in [0.1, 0.15) is 32.0 Å². The Kier molecular flexibility index (Phi) is 4.75. The Morgan fingerprint density at radius 2 is 2.06 bits per heavy atom. The standard InChI is InChI=1S/C13H22N4O/c1-3-18-10-12-15-11(14-2)9-13(16-12)17-7-5-4-6-8-17/h9H,3-8,10H2,1-2H3,(H,14,15,16). The van der Waals surface area contributed by atoms with Crippen molar-refractivity contribution >= 4 is 11.6 Å². The number of aromatic nitrogens is 2. The number of rotatable bonds is 5. The number of nitrogens with one attached hydrogen (secondary N) is 1. The van der Waals surface area contributed by atoms with E-state index in [2.05, 4.69) is 20.2 Å². The van der Waals surface area contributed by atoms with Crippen LogP contribution >= 0.6 is 0 Å². The third-order valence-corrected chi connectivity index (χ3v) is 3.13. The Morgan fingerprint density at radius 1 is 1.28 bits per heavy atom. The van der Waals surface area contributed by atoms with Gasteiger partial charge in [0, 0.05) is 32.8 Å². The van der Waals surface area contributed by atoms with E-state index >= 15 is 0 Å². The normalized spacial score (nSPS) is 15.8. The maximum Gasteiger partial charge on any atom is 0.158 e. The van der Waals surface area contributed by atoms with Crippen LogP contribution in [0.5, 0.6) is 0 Å². The van der Waals surface area contributed by atoms with Gasteiger partial charge >= 0.3 is 0 Å². The summed E-state index contributed by atoms with van der Waals surface area (Å²) in [6, 6.07) is 2.01. The van der Waals surface area contributed by atoms with E-state index < -0.39 is 0 Å². The van der Waals surface area contributed by atoms with Crippen LogP contribution in [0.4, 0.5) is 11.6 Å². The molecule has 0 amide bonds. The van der Waals surface area contributed by atoms with Crippen LogP contribution in [0.2, 0.25) is 0 Å². The third kappa shape index (κ3) is 3.32. The van der Waals surface area contributed by atoms with Crippen LogP contribution in [0, 0.1) is 0 Å². The highest BCUT2D eigenvalue weighted by Crippen LogP contribution is 2.20. The van der Waals surface area contributed by atoms with Gasteiger partial charge in [-0.05, 0) is 26.2 Å². The summed E-state index contributed by atoms with van der Waals surface area (Å²) >= 11 is 0. The van der Waals surface area contributed by atoms with Gasteiger partial charge < -0.3 is 15.0 Å². The van der Waals surface area contributed by atoms with Crippen molar-refractivity contribution in [1.82, 2.24) is 9.97 Å². The Morgan fingerprint density at radius 3 is 2.72 bits per heavy atom. The van der Waals surface area contributed by atoms with Gasteiger partial charge in [-0.25, -0.2) is 9.97 Å². The summed E-state index contributed by atoms with van der Waals surface area (Å²) in [5.74, 6) is 2.63. The topological polar surface area (TPSA) is 50.3 Å². The van der Waals surface area contributed by atoms with Crippen molar-refractivity contribution in [2.45, 2.75) is 32.8 Å². The monoisotopic (exact) mass is 250 g/mol. The van der Waals surface area contributed by atoms with E-state index in [0.717, 1.165) is 30.5 Å². The lowest BCUT2D eigenvalue weighted by Crippen LogP contribution is -2.30. The maximum atomic E-state index is 5.39. The van der Waals surface area contributed by atoms with Gasteiger partial charge in [-0.3, -0.25) is 0 Å². The predicted octanol–water partition coefficient (Wildman–Crippen LogP) is 2.05. The van der Waals surface area contributed by atoms with E-state index in [1.165, 1.54) is 19.3 Å². The summed E-state index contributed by atoms with van der Waals surface area (Å²) in [5.41, 5.74) is 0. The molecule has 1 saturated heterocycles. The smallest absolute Gasteiger partial charge is 0.158 e. The summed E-state index contributed by atoms with van der Waals surface area (Å²) in [6.07, 6.45) is 3.83. The average Bonchev–Trinajstić information content (AvgIpc) is 2.45. The molecule has 5 heteroatoms. The van der Waals surface area contributed by atoms with E-state index in [0.29, 0.717) is 13.2 Å².